The first-order chi connectivity index (χ1) is 11.1. The van der Waals surface area contributed by atoms with Gasteiger partial charge in [-0.1, -0.05) is 6.07 Å². The van der Waals surface area contributed by atoms with E-state index in [1.807, 2.05) is 25.1 Å². The number of nitrogens with zero attached hydrogens (tertiary/aromatic N) is 1. The van der Waals surface area contributed by atoms with Crippen molar-refractivity contribution in [3.05, 3.63) is 53.9 Å². The van der Waals surface area contributed by atoms with Crippen LogP contribution in [0.4, 0.5) is 10.5 Å². The number of hydrogen-bond donors (Lipinski definition) is 1. The average Bonchev–Trinajstić information content (AvgIpc) is 2.96. The van der Waals surface area contributed by atoms with Gasteiger partial charge in [0.05, 0.1) is 7.11 Å². The Morgan fingerprint density at radius 3 is 2.74 bits per heavy atom. The molecule has 1 heterocycles. The van der Waals surface area contributed by atoms with Crippen LogP contribution in [0.3, 0.4) is 0 Å². The summed E-state index contributed by atoms with van der Waals surface area (Å²) in [5.74, 6) is 1.17. The first-order valence-corrected chi connectivity index (χ1v) is 7.08. The van der Waals surface area contributed by atoms with E-state index in [2.05, 4.69) is 15.0 Å². The molecule has 0 aliphatic rings. The predicted octanol–water partition coefficient (Wildman–Crippen LogP) is 3.89. The molecule has 0 saturated carbocycles. The summed E-state index contributed by atoms with van der Waals surface area (Å²) in [7, 11) is 1.31. The molecule has 1 aromatic heterocycles. The van der Waals surface area contributed by atoms with Crippen LogP contribution in [0, 0.1) is 6.92 Å². The fourth-order valence-electron chi connectivity index (χ4n) is 2.09. The number of benzene rings is 2. The molecule has 0 aliphatic carbocycles. The largest absolute Gasteiger partial charge is 0.484 e. The lowest BCUT2D eigenvalue weighted by molar-refractivity contribution is 0.187. The molecule has 1 amide bonds. The highest BCUT2D eigenvalue weighted by molar-refractivity contribution is 5.84. The van der Waals surface area contributed by atoms with Crippen molar-refractivity contribution in [3.63, 3.8) is 0 Å². The zero-order valence-corrected chi connectivity index (χ0v) is 12.8. The van der Waals surface area contributed by atoms with Crippen molar-refractivity contribution in [3.8, 4) is 5.75 Å². The van der Waals surface area contributed by atoms with E-state index in [1.54, 1.807) is 24.3 Å². The van der Waals surface area contributed by atoms with Crippen LogP contribution in [-0.2, 0) is 11.3 Å². The summed E-state index contributed by atoms with van der Waals surface area (Å²) < 4.78 is 15.8. The van der Waals surface area contributed by atoms with Crippen molar-refractivity contribution in [2.75, 3.05) is 12.4 Å². The third-order valence-electron chi connectivity index (χ3n) is 3.24. The molecular weight excluding hydrogens is 296 g/mol. The minimum atomic E-state index is -0.513. The Kier molecular flexibility index (Phi) is 4.14. The van der Waals surface area contributed by atoms with Gasteiger partial charge in [-0.05, 0) is 48.9 Å². The lowest BCUT2D eigenvalue weighted by atomic mass is 10.2. The Labute approximate surface area is 133 Å². The summed E-state index contributed by atoms with van der Waals surface area (Å²) in [5.41, 5.74) is 3.31. The maximum Gasteiger partial charge on any atom is 0.411 e. The second-order valence-electron chi connectivity index (χ2n) is 5.01. The number of fused-ring (bicyclic) bond motifs is 1. The van der Waals surface area contributed by atoms with E-state index in [4.69, 9.17) is 9.15 Å². The normalized spacial score (nSPS) is 10.5. The monoisotopic (exact) mass is 312 g/mol. The van der Waals surface area contributed by atoms with Crippen LogP contribution in [-0.4, -0.2) is 18.2 Å². The Balaban J connectivity index is 1.63. The van der Waals surface area contributed by atoms with Crippen LogP contribution in [0.2, 0.25) is 0 Å². The van der Waals surface area contributed by atoms with E-state index in [0.29, 0.717) is 17.3 Å². The highest BCUT2D eigenvalue weighted by atomic mass is 16.5. The number of carbonyl (C=O) groups is 1. The van der Waals surface area contributed by atoms with Crippen molar-refractivity contribution in [2.45, 2.75) is 13.5 Å². The quantitative estimate of drug-likeness (QED) is 0.791. The number of carbonyl (C=O) groups excluding carboxylic acids is 1. The van der Waals surface area contributed by atoms with Crippen LogP contribution in [0.5, 0.6) is 5.75 Å². The summed E-state index contributed by atoms with van der Waals surface area (Å²) in [6.07, 6.45) is -0.513. The Bertz CT molecular complexity index is 824. The summed E-state index contributed by atoms with van der Waals surface area (Å²) in [5, 5.41) is 2.57. The molecule has 0 unspecified atom stereocenters. The molecule has 0 aliphatic heterocycles. The molecule has 0 spiro atoms. The third kappa shape index (κ3) is 3.60. The first-order valence-electron chi connectivity index (χ1n) is 7.08. The number of oxazole rings is 1. The molecule has 0 saturated heterocycles. The number of amides is 1. The second-order valence-corrected chi connectivity index (χ2v) is 5.01. The molecule has 6 nitrogen and oxygen atoms in total. The van der Waals surface area contributed by atoms with E-state index in [9.17, 15) is 4.79 Å². The summed E-state index contributed by atoms with van der Waals surface area (Å²) in [6.45, 7) is 2.24. The van der Waals surface area contributed by atoms with Gasteiger partial charge in [0.1, 0.15) is 11.3 Å². The molecule has 2 aromatic carbocycles. The molecule has 0 atom stereocenters. The Morgan fingerprint density at radius 2 is 2.00 bits per heavy atom. The number of hydrogen-bond acceptors (Lipinski definition) is 5. The lowest BCUT2D eigenvalue weighted by Gasteiger charge is -2.06. The minimum absolute atomic E-state index is 0.234. The van der Waals surface area contributed by atoms with Crippen LogP contribution >= 0.6 is 0 Å². The highest BCUT2D eigenvalue weighted by Crippen LogP contribution is 2.20. The van der Waals surface area contributed by atoms with E-state index in [1.165, 1.54) is 7.11 Å². The molecule has 3 aromatic rings. The predicted molar refractivity (Wildman–Crippen MR) is 85.5 cm³/mol. The van der Waals surface area contributed by atoms with Gasteiger partial charge in [0.25, 0.3) is 0 Å². The Hall–Kier alpha value is -3.02. The molecule has 6 heteroatoms. The molecule has 23 heavy (non-hydrogen) atoms. The lowest BCUT2D eigenvalue weighted by Crippen LogP contribution is -2.10. The summed E-state index contributed by atoms with van der Waals surface area (Å²) >= 11 is 0. The fraction of sp³-hybridized carbons (Fsp3) is 0.176. The Morgan fingerprint density at radius 1 is 1.22 bits per heavy atom. The van der Waals surface area contributed by atoms with Gasteiger partial charge >= 0.3 is 6.09 Å². The number of anilines is 1. The van der Waals surface area contributed by atoms with Crippen molar-refractivity contribution in [2.24, 2.45) is 0 Å². The molecular formula is C17H16N2O4. The zero-order valence-electron chi connectivity index (χ0n) is 12.8. The van der Waals surface area contributed by atoms with Crippen molar-refractivity contribution in [1.82, 2.24) is 4.98 Å². The molecule has 1 N–H and O–H groups in total. The van der Waals surface area contributed by atoms with Gasteiger partial charge in [-0.2, -0.15) is 0 Å². The van der Waals surface area contributed by atoms with Gasteiger partial charge in [0.2, 0.25) is 5.89 Å². The van der Waals surface area contributed by atoms with Gasteiger partial charge in [-0.25, -0.2) is 9.78 Å². The van der Waals surface area contributed by atoms with E-state index < -0.39 is 6.09 Å². The number of rotatable bonds is 4. The minimum Gasteiger partial charge on any atom is -0.484 e. The molecule has 0 radical (unpaired) electrons. The van der Waals surface area contributed by atoms with Crippen LogP contribution < -0.4 is 10.1 Å². The second kappa shape index (κ2) is 6.39. The van der Waals surface area contributed by atoms with Gasteiger partial charge in [0, 0.05) is 5.69 Å². The van der Waals surface area contributed by atoms with Gasteiger partial charge in [-0.3, -0.25) is 5.32 Å². The molecule has 0 fully saturated rings. The number of methoxy groups -OCH3 is 1. The summed E-state index contributed by atoms with van der Waals surface area (Å²) in [6, 6.07) is 12.8. The van der Waals surface area contributed by atoms with E-state index in [0.717, 1.165) is 16.7 Å². The van der Waals surface area contributed by atoms with Crippen LogP contribution in [0.25, 0.3) is 11.1 Å². The zero-order chi connectivity index (χ0) is 16.2. The van der Waals surface area contributed by atoms with E-state index in [-0.39, 0.29) is 6.61 Å². The number of nitrogens with one attached hydrogen (secondary N) is 1. The third-order valence-corrected chi connectivity index (χ3v) is 3.24. The smallest absolute Gasteiger partial charge is 0.411 e. The van der Waals surface area contributed by atoms with Crippen LogP contribution in [0.15, 0.2) is 46.9 Å². The first kappa shape index (κ1) is 14.9. The van der Waals surface area contributed by atoms with Gasteiger partial charge in [0.15, 0.2) is 12.2 Å². The van der Waals surface area contributed by atoms with Gasteiger partial charge in [-0.15, -0.1) is 0 Å². The number of aryl methyl sites for hydroxylation is 1. The maximum atomic E-state index is 11.1. The summed E-state index contributed by atoms with van der Waals surface area (Å²) in [4.78, 5) is 15.5. The van der Waals surface area contributed by atoms with Crippen LogP contribution in [0.1, 0.15) is 11.5 Å². The SMILES string of the molecule is COC(=O)Nc1ccc(OCc2nc3ccc(C)cc3o2)cc1. The maximum absolute atomic E-state index is 11.1. The number of ether oxygens (including phenoxy) is 2. The van der Waals surface area contributed by atoms with Crippen molar-refractivity contribution in [1.29, 1.82) is 0 Å². The fourth-order valence-corrected chi connectivity index (χ4v) is 2.09. The molecule has 0 bridgehead atoms. The van der Waals surface area contributed by atoms with E-state index >= 15 is 0 Å². The average molecular weight is 312 g/mol. The van der Waals surface area contributed by atoms with Crippen molar-refractivity contribution >= 4 is 22.9 Å². The van der Waals surface area contributed by atoms with Gasteiger partial charge < -0.3 is 13.9 Å². The highest BCUT2D eigenvalue weighted by Gasteiger charge is 2.07. The molecule has 118 valence electrons. The molecule has 3 rings (SSSR count). The van der Waals surface area contributed by atoms with Crippen molar-refractivity contribution < 1.29 is 18.7 Å². The topological polar surface area (TPSA) is 73.6 Å². The number of aromatic nitrogens is 1. The standard InChI is InChI=1S/C17H16N2O4/c1-11-3-8-14-15(9-11)23-16(19-14)10-22-13-6-4-12(5-7-13)18-17(20)21-2/h3-9H,10H2,1-2H3,(H,18,20).